The molecular formula is C7H11O3. The number of carbonyl (C=O) groups excluding carboxylic acids is 1. The third kappa shape index (κ3) is 7.01. The molecule has 0 aromatic carbocycles. The van der Waals surface area contributed by atoms with Gasteiger partial charge < -0.3 is 4.74 Å². The average Bonchev–Trinajstić information content (AvgIpc) is 1.87. The van der Waals surface area contributed by atoms with E-state index in [-0.39, 0.29) is 6.61 Å². The average molecular weight is 143 g/mol. The van der Waals surface area contributed by atoms with E-state index in [0.717, 1.165) is 12.8 Å². The molecule has 3 heteroatoms. The molecule has 0 aromatic rings. The van der Waals surface area contributed by atoms with Gasteiger partial charge in [-0.1, -0.05) is 12.2 Å². The highest BCUT2D eigenvalue weighted by molar-refractivity contribution is 5.56. The van der Waals surface area contributed by atoms with E-state index in [9.17, 15) is 9.90 Å². The summed E-state index contributed by atoms with van der Waals surface area (Å²) in [6, 6.07) is 0. The normalized spacial score (nSPS) is 10.1. The van der Waals surface area contributed by atoms with Crippen LogP contribution in [0.25, 0.3) is 0 Å². The molecule has 0 heterocycles. The van der Waals surface area contributed by atoms with E-state index in [1.165, 1.54) is 0 Å². The summed E-state index contributed by atoms with van der Waals surface area (Å²) in [4.78, 5) is 9.68. The molecule has 0 aliphatic carbocycles. The third-order valence-corrected chi connectivity index (χ3v) is 0.971. The van der Waals surface area contributed by atoms with Crippen LogP contribution < -0.4 is 0 Å². The fourth-order valence-corrected chi connectivity index (χ4v) is 0.523. The lowest BCUT2D eigenvalue weighted by atomic mass is 10.3. The van der Waals surface area contributed by atoms with Crippen molar-refractivity contribution in [3.8, 4) is 0 Å². The van der Waals surface area contributed by atoms with Crippen LogP contribution in [-0.4, -0.2) is 12.8 Å². The Morgan fingerprint density at radius 2 is 2.30 bits per heavy atom. The molecule has 0 unspecified atom stereocenters. The molecule has 0 saturated carbocycles. The smallest absolute Gasteiger partial charge is 0.432 e. The molecule has 10 heavy (non-hydrogen) atoms. The first kappa shape index (κ1) is 9.01. The van der Waals surface area contributed by atoms with Crippen molar-refractivity contribution in [1.82, 2.24) is 0 Å². The van der Waals surface area contributed by atoms with Crippen LogP contribution in [0, 0.1) is 0 Å². The Morgan fingerprint density at radius 3 is 2.80 bits per heavy atom. The Bertz CT molecular complexity index is 118. The van der Waals surface area contributed by atoms with E-state index in [4.69, 9.17) is 0 Å². The van der Waals surface area contributed by atoms with Gasteiger partial charge in [-0.15, -0.1) is 0 Å². The summed E-state index contributed by atoms with van der Waals surface area (Å²) in [6.45, 7) is 2.15. The van der Waals surface area contributed by atoms with Crippen LogP contribution in [0.15, 0.2) is 12.2 Å². The predicted octanol–water partition coefficient (Wildman–Crippen LogP) is 1.91. The molecule has 0 N–H and O–H groups in total. The highest BCUT2D eigenvalue weighted by Gasteiger charge is 1.95. The van der Waals surface area contributed by atoms with Crippen LogP contribution in [0.2, 0.25) is 0 Å². The highest BCUT2D eigenvalue weighted by Crippen LogP contribution is 1.91. The Balaban J connectivity index is 2.98. The Morgan fingerprint density at radius 1 is 1.60 bits per heavy atom. The molecule has 0 aliphatic rings. The molecule has 0 rings (SSSR count). The number of allylic oxidation sites excluding steroid dienone is 2. The van der Waals surface area contributed by atoms with Gasteiger partial charge in [0.25, 0.3) is 0 Å². The van der Waals surface area contributed by atoms with Gasteiger partial charge in [0.15, 0.2) is 0 Å². The van der Waals surface area contributed by atoms with E-state index in [1.54, 1.807) is 0 Å². The van der Waals surface area contributed by atoms with E-state index < -0.39 is 6.16 Å². The highest BCUT2D eigenvalue weighted by atomic mass is 16.7. The molecule has 1 radical (unpaired) electrons. The van der Waals surface area contributed by atoms with Crippen molar-refractivity contribution in [3.63, 3.8) is 0 Å². The number of hydrogen-bond acceptors (Lipinski definition) is 2. The van der Waals surface area contributed by atoms with Gasteiger partial charge in [-0.05, 0) is 19.8 Å². The molecule has 0 saturated heterocycles. The van der Waals surface area contributed by atoms with Gasteiger partial charge in [-0.2, -0.15) is 9.90 Å². The van der Waals surface area contributed by atoms with Crippen molar-refractivity contribution < 1.29 is 14.6 Å². The van der Waals surface area contributed by atoms with Crippen molar-refractivity contribution >= 4 is 6.16 Å². The van der Waals surface area contributed by atoms with Gasteiger partial charge in [0, 0.05) is 0 Å². The molecule has 0 aromatic heterocycles. The second-order valence-electron chi connectivity index (χ2n) is 1.81. The number of carbonyl (C=O) groups is 1. The lowest BCUT2D eigenvalue weighted by Crippen LogP contribution is -1.99. The molecule has 3 nitrogen and oxygen atoms in total. The first-order valence-corrected chi connectivity index (χ1v) is 3.22. The molecule has 57 valence electrons. The zero-order valence-electron chi connectivity index (χ0n) is 6.00. The zero-order chi connectivity index (χ0) is 7.82. The van der Waals surface area contributed by atoms with Crippen LogP contribution in [0.4, 0.5) is 4.79 Å². The molecule has 0 atom stereocenters. The molecule has 0 spiro atoms. The van der Waals surface area contributed by atoms with Gasteiger partial charge in [0.1, 0.15) is 0 Å². The summed E-state index contributed by atoms with van der Waals surface area (Å²) in [6.07, 6.45) is 4.00. The minimum atomic E-state index is -1.44. The van der Waals surface area contributed by atoms with Crippen molar-refractivity contribution in [2.45, 2.75) is 19.8 Å². The van der Waals surface area contributed by atoms with Gasteiger partial charge in [-0.25, -0.2) is 0 Å². The quantitative estimate of drug-likeness (QED) is 0.343. The SMILES string of the molecule is CC=CCCCOC([O])=O. The van der Waals surface area contributed by atoms with Gasteiger partial charge in [-0.3, -0.25) is 0 Å². The van der Waals surface area contributed by atoms with E-state index in [2.05, 4.69) is 4.74 Å². The molecular weight excluding hydrogens is 132 g/mol. The van der Waals surface area contributed by atoms with Crippen molar-refractivity contribution in [2.24, 2.45) is 0 Å². The fraction of sp³-hybridized carbons (Fsp3) is 0.571. The standard InChI is InChI=1S/C7H11O3/c1-2-3-4-5-6-10-7(8)9/h2-3H,4-6H2,1H3. The van der Waals surface area contributed by atoms with Crippen LogP contribution in [0.5, 0.6) is 0 Å². The van der Waals surface area contributed by atoms with Crippen molar-refractivity contribution in [3.05, 3.63) is 12.2 Å². The molecule has 0 bridgehead atoms. The number of ether oxygens (including phenoxy) is 1. The van der Waals surface area contributed by atoms with Crippen LogP contribution in [0.1, 0.15) is 19.8 Å². The summed E-state index contributed by atoms with van der Waals surface area (Å²) >= 11 is 0. The summed E-state index contributed by atoms with van der Waals surface area (Å²) in [7, 11) is 0. The number of hydrogen-bond donors (Lipinski definition) is 0. The summed E-state index contributed by atoms with van der Waals surface area (Å²) in [5.41, 5.74) is 0. The summed E-state index contributed by atoms with van der Waals surface area (Å²) < 4.78 is 4.16. The second-order valence-corrected chi connectivity index (χ2v) is 1.81. The van der Waals surface area contributed by atoms with Gasteiger partial charge in [0.05, 0.1) is 6.61 Å². The second kappa shape index (κ2) is 6.13. The Kier molecular flexibility index (Phi) is 5.53. The van der Waals surface area contributed by atoms with Crippen LogP contribution >= 0.6 is 0 Å². The van der Waals surface area contributed by atoms with E-state index in [0.29, 0.717) is 0 Å². The van der Waals surface area contributed by atoms with E-state index in [1.807, 2.05) is 19.1 Å². The minimum Gasteiger partial charge on any atom is -0.432 e. The van der Waals surface area contributed by atoms with Crippen molar-refractivity contribution in [2.75, 3.05) is 6.61 Å². The monoisotopic (exact) mass is 143 g/mol. The molecule has 0 amide bonds. The maximum absolute atomic E-state index is 9.68. The largest absolute Gasteiger partial charge is 0.549 e. The topological polar surface area (TPSA) is 46.2 Å². The number of unbranched alkanes of at least 4 members (excludes halogenated alkanes) is 1. The maximum Gasteiger partial charge on any atom is 0.549 e. The minimum absolute atomic E-state index is 0.229. The van der Waals surface area contributed by atoms with Crippen molar-refractivity contribution in [1.29, 1.82) is 0 Å². The summed E-state index contributed by atoms with van der Waals surface area (Å²) in [5.74, 6) is 0. The lowest BCUT2D eigenvalue weighted by Gasteiger charge is -1.94. The van der Waals surface area contributed by atoms with Crippen LogP contribution in [0.3, 0.4) is 0 Å². The van der Waals surface area contributed by atoms with Gasteiger partial charge >= 0.3 is 6.16 Å². The fourth-order valence-electron chi connectivity index (χ4n) is 0.523. The number of rotatable bonds is 4. The predicted molar refractivity (Wildman–Crippen MR) is 36.1 cm³/mol. The molecule has 0 aliphatic heterocycles. The maximum atomic E-state index is 9.68. The first-order valence-electron chi connectivity index (χ1n) is 3.22. The van der Waals surface area contributed by atoms with E-state index >= 15 is 0 Å². The lowest BCUT2D eigenvalue weighted by molar-refractivity contribution is 0.0672. The van der Waals surface area contributed by atoms with Gasteiger partial charge in [0.2, 0.25) is 0 Å². The third-order valence-electron chi connectivity index (χ3n) is 0.971. The summed E-state index contributed by atoms with van der Waals surface area (Å²) in [5, 5.41) is 9.68. The Hall–Kier alpha value is -0.990. The molecule has 0 fully saturated rings. The van der Waals surface area contributed by atoms with Crippen LogP contribution in [-0.2, 0) is 9.84 Å². The Labute approximate surface area is 60.3 Å². The zero-order valence-corrected chi connectivity index (χ0v) is 6.00. The first-order chi connectivity index (χ1) is 4.77.